The molecule has 0 bridgehead atoms. The van der Waals surface area contributed by atoms with Crippen LogP contribution in [0.3, 0.4) is 0 Å². The van der Waals surface area contributed by atoms with Gasteiger partial charge in [0.15, 0.2) is 0 Å². The van der Waals surface area contributed by atoms with Crippen molar-refractivity contribution in [2.45, 2.75) is 39.0 Å². The van der Waals surface area contributed by atoms with Crippen molar-refractivity contribution in [3.63, 3.8) is 0 Å². The van der Waals surface area contributed by atoms with Crippen LogP contribution in [0.5, 0.6) is 5.75 Å². The maximum atomic E-state index is 5.73. The average molecular weight is 247 g/mol. The predicted octanol–water partition coefficient (Wildman–Crippen LogP) is 3.58. The minimum atomic E-state index is 0.606. The molecule has 2 rings (SSSR count). The summed E-state index contributed by atoms with van der Waals surface area (Å²) in [6.07, 6.45) is 3.74. The smallest absolute Gasteiger partial charge is 0.122 e. The van der Waals surface area contributed by atoms with Gasteiger partial charge >= 0.3 is 0 Å². The highest BCUT2D eigenvalue weighted by molar-refractivity contribution is 5.39. The van der Waals surface area contributed by atoms with E-state index in [1.54, 1.807) is 0 Å². The first-order valence-corrected chi connectivity index (χ1v) is 7.23. The quantitative estimate of drug-likeness (QED) is 0.744. The third-order valence-corrected chi connectivity index (χ3v) is 3.73. The van der Waals surface area contributed by atoms with Gasteiger partial charge in [0.25, 0.3) is 0 Å². The number of fused-ring (bicyclic) bond motifs is 1. The molecule has 0 amide bonds. The first-order valence-electron chi connectivity index (χ1n) is 7.23. The molecule has 1 N–H and O–H groups in total. The summed E-state index contributed by atoms with van der Waals surface area (Å²) < 4.78 is 5.73. The molecule has 18 heavy (non-hydrogen) atoms. The Balaban J connectivity index is 1.75. The van der Waals surface area contributed by atoms with Gasteiger partial charge in [-0.1, -0.05) is 32.0 Å². The van der Waals surface area contributed by atoms with E-state index in [4.69, 9.17) is 4.74 Å². The van der Waals surface area contributed by atoms with Crippen LogP contribution in [0, 0.1) is 5.92 Å². The first kappa shape index (κ1) is 13.4. The van der Waals surface area contributed by atoms with Crippen molar-refractivity contribution in [3.05, 3.63) is 29.8 Å². The summed E-state index contributed by atoms with van der Waals surface area (Å²) >= 11 is 0. The second kappa shape index (κ2) is 6.79. The molecule has 2 nitrogen and oxygen atoms in total. The fourth-order valence-electron chi connectivity index (χ4n) is 2.58. The van der Waals surface area contributed by atoms with Gasteiger partial charge in [0.1, 0.15) is 5.75 Å². The largest absolute Gasteiger partial charge is 0.493 e. The third kappa shape index (κ3) is 3.49. The van der Waals surface area contributed by atoms with Crippen molar-refractivity contribution >= 4 is 0 Å². The van der Waals surface area contributed by atoms with Crippen molar-refractivity contribution in [1.29, 1.82) is 0 Å². The van der Waals surface area contributed by atoms with Crippen molar-refractivity contribution in [2.24, 2.45) is 5.92 Å². The maximum Gasteiger partial charge on any atom is 0.122 e. The van der Waals surface area contributed by atoms with E-state index >= 15 is 0 Å². The Morgan fingerprint density at radius 1 is 1.39 bits per heavy atom. The van der Waals surface area contributed by atoms with Gasteiger partial charge < -0.3 is 10.1 Å². The molecule has 1 heterocycles. The van der Waals surface area contributed by atoms with E-state index in [1.165, 1.54) is 24.8 Å². The van der Waals surface area contributed by atoms with Crippen LogP contribution in [0.15, 0.2) is 24.3 Å². The Morgan fingerprint density at radius 3 is 3.06 bits per heavy atom. The van der Waals surface area contributed by atoms with Gasteiger partial charge in [-0.2, -0.15) is 0 Å². The maximum absolute atomic E-state index is 5.73. The lowest BCUT2D eigenvalue weighted by Crippen LogP contribution is -2.22. The lowest BCUT2D eigenvalue weighted by molar-refractivity contribution is 0.315. The Bertz CT molecular complexity index is 364. The molecule has 1 aromatic rings. The van der Waals surface area contributed by atoms with Crippen molar-refractivity contribution in [2.75, 3.05) is 19.7 Å². The van der Waals surface area contributed by atoms with E-state index in [1.807, 2.05) is 0 Å². The number of hydrogen-bond acceptors (Lipinski definition) is 2. The zero-order valence-electron chi connectivity index (χ0n) is 11.6. The molecule has 1 aliphatic rings. The predicted molar refractivity (Wildman–Crippen MR) is 76.2 cm³/mol. The lowest BCUT2D eigenvalue weighted by Gasteiger charge is -2.14. The van der Waals surface area contributed by atoms with E-state index in [0.717, 1.165) is 31.4 Å². The van der Waals surface area contributed by atoms with E-state index in [2.05, 4.69) is 43.4 Å². The van der Waals surface area contributed by atoms with Gasteiger partial charge in [-0.15, -0.1) is 0 Å². The van der Waals surface area contributed by atoms with Crippen LogP contribution in [-0.4, -0.2) is 19.7 Å². The monoisotopic (exact) mass is 247 g/mol. The van der Waals surface area contributed by atoms with Gasteiger partial charge in [-0.3, -0.25) is 0 Å². The van der Waals surface area contributed by atoms with Crippen LogP contribution < -0.4 is 10.1 Å². The summed E-state index contributed by atoms with van der Waals surface area (Å²) in [7, 11) is 0. The molecule has 0 saturated carbocycles. The average Bonchev–Trinajstić information content (AvgIpc) is 2.80. The minimum Gasteiger partial charge on any atom is -0.493 e. The van der Waals surface area contributed by atoms with Crippen LogP contribution in [0.1, 0.15) is 44.6 Å². The summed E-state index contributed by atoms with van der Waals surface area (Å²) in [4.78, 5) is 0. The van der Waals surface area contributed by atoms with E-state index in [0.29, 0.717) is 5.92 Å². The summed E-state index contributed by atoms with van der Waals surface area (Å²) in [5, 5.41) is 3.50. The molecule has 0 spiro atoms. The number of para-hydroxylation sites is 1. The van der Waals surface area contributed by atoms with Crippen LogP contribution in [-0.2, 0) is 0 Å². The molecule has 2 unspecified atom stereocenters. The fourth-order valence-corrected chi connectivity index (χ4v) is 2.58. The van der Waals surface area contributed by atoms with Crippen molar-refractivity contribution in [1.82, 2.24) is 5.32 Å². The SMILES string of the molecule is CCCNCC(C)CCC1COc2ccccc21. The Labute approximate surface area is 111 Å². The van der Waals surface area contributed by atoms with E-state index in [9.17, 15) is 0 Å². The second-order valence-corrected chi connectivity index (χ2v) is 5.43. The van der Waals surface area contributed by atoms with Crippen LogP contribution >= 0.6 is 0 Å². The van der Waals surface area contributed by atoms with E-state index < -0.39 is 0 Å². The Kier molecular flexibility index (Phi) is 5.06. The van der Waals surface area contributed by atoms with Crippen LogP contribution in [0.2, 0.25) is 0 Å². The molecule has 0 saturated heterocycles. The number of nitrogens with one attached hydrogen (secondary N) is 1. The molecule has 0 radical (unpaired) electrons. The topological polar surface area (TPSA) is 21.3 Å². The molecule has 1 aliphatic heterocycles. The highest BCUT2D eigenvalue weighted by Gasteiger charge is 2.23. The standard InChI is InChI=1S/C16H25NO/c1-3-10-17-11-13(2)8-9-14-12-18-16-7-5-4-6-15(14)16/h4-7,13-14,17H,3,8-12H2,1-2H3. The number of benzene rings is 1. The van der Waals surface area contributed by atoms with Gasteiger partial charge in [0, 0.05) is 11.5 Å². The highest BCUT2D eigenvalue weighted by Crippen LogP contribution is 2.36. The zero-order chi connectivity index (χ0) is 12.8. The molecular weight excluding hydrogens is 222 g/mol. The Morgan fingerprint density at radius 2 is 2.22 bits per heavy atom. The normalized spacial score (nSPS) is 19.3. The van der Waals surface area contributed by atoms with E-state index in [-0.39, 0.29) is 0 Å². The molecule has 0 fully saturated rings. The number of ether oxygens (including phenoxy) is 1. The van der Waals surface area contributed by atoms with Crippen molar-refractivity contribution in [3.8, 4) is 5.75 Å². The minimum absolute atomic E-state index is 0.606. The first-order chi connectivity index (χ1) is 8.81. The summed E-state index contributed by atoms with van der Waals surface area (Å²) in [6, 6.07) is 8.47. The zero-order valence-corrected chi connectivity index (χ0v) is 11.6. The van der Waals surface area contributed by atoms with Crippen LogP contribution in [0.25, 0.3) is 0 Å². The molecule has 0 aromatic heterocycles. The van der Waals surface area contributed by atoms with Gasteiger partial charge in [0.2, 0.25) is 0 Å². The van der Waals surface area contributed by atoms with Crippen LogP contribution in [0.4, 0.5) is 0 Å². The summed E-state index contributed by atoms with van der Waals surface area (Å²) in [6.45, 7) is 7.70. The number of rotatable bonds is 7. The summed E-state index contributed by atoms with van der Waals surface area (Å²) in [5.41, 5.74) is 1.41. The summed E-state index contributed by atoms with van der Waals surface area (Å²) in [5.74, 6) is 2.46. The highest BCUT2D eigenvalue weighted by atomic mass is 16.5. The molecular formula is C16H25NO. The second-order valence-electron chi connectivity index (χ2n) is 5.43. The third-order valence-electron chi connectivity index (χ3n) is 3.73. The fraction of sp³-hybridized carbons (Fsp3) is 0.625. The molecule has 100 valence electrons. The molecule has 0 aliphatic carbocycles. The molecule has 1 aromatic carbocycles. The van der Waals surface area contributed by atoms with Gasteiger partial charge in [-0.05, 0) is 44.3 Å². The van der Waals surface area contributed by atoms with Gasteiger partial charge in [0.05, 0.1) is 6.61 Å². The lowest BCUT2D eigenvalue weighted by atomic mass is 9.92. The molecule has 2 heteroatoms. The molecule has 2 atom stereocenters. The van der Waals surface area contributed by atoms with Crippen molar-refractivity contribution < 1.29 is 4.74 Å². The Hall–Kier alpha value is -1.02. The number of hydrogen-bond donors (Lipinski definition) is 1. The van der Waals surface area contributed by atoms with Gasteiger partial charge in [-0.25, -0.2) is 0 Å².